The molecule has 0 radical (unpaired) electrons. The van der Waals surface area contributed by atoms with Gasteiger partial charge in [-0.15, -0.1) is 0 Å². The quantitative estimate of drug-likeness (QED) is 0.776. The van der Waals surface area contributed by atoms with Crippen LogP contribution in [0, 0.1) is 5.82 Å². The van der Waals surface area contributed by atoms with Crippen LogP contribution in [0.25, 0.3) is 0 Å². The van der Waals surface area contributed by atoms with Gasteiger partial charge in [-0.1, -0.05) is 0 Å². The lowest BCUT2D eigenvalue weighted by molar-refractivity contribution is 0.0925. The maximum atomic E-state index is 13.8. The number of benzene rings is 1. The van der Waals surface area contributed by atoms with Gasteiger partial charge in [-0.05, 0) is 41.4 Å². The summed E-state index contributed by atoms with van der Waals surface area (Å²) in [5.74, 6) is -1.56. The summed E-state index contributed by atoms with van der Waals surface area (Å²) in [4.78, 5) is 11.6. The molecule has 0 aromatic heterocycles. The van der Waals surface area contributed by atoms with Gasteiger partial charge in [-0.25, -0.2) is 17.9 Å². The van der Waals surface area contributed by atoms with Crippen LogP contribution in [-0.4, -0.2) is 34.1 Å². The van der Waals surface area contributed by atoms with Crippen molar-refractivity contribution in [2.75, 3.05) is 13.7 Å². The van der Waals surface area contributed by atoms with Crippen molar-refractivity contribution in [3.05, 3.63) is 28.0 Å². The summed E-state index contributed by atoms with van der Waals surface area (Å²) in [6, 6.07) is 1.56. The molecule has 0 fully saturated rings. The second kappa shape index (κ2) is 7.30. The fourth-order valence-electron chi connectivity index (χ4n) is 1.59. The molecule has 1 rings (SSSR count). The molecule has 0 aliphatic rings. The fraction of sp³-hybridized carbons (Fsp3) is 0.417. The Morgan fingerprint density at radius 3 is 2.67 bits per heavy atom. The first-order chi connectivity index (χ1) is 9.66. The predicted octanol–water partition coefficient (Wildman–Crippen LogP) is 1.39. The number of hydrogen-bond acceptors (Lipinski definition) is 4. The first kappa shape index (κ1) is 18.0. The van der Waals surface area contributed by atoms with Crippen molar-refractivity contribution in [2.45, 2.75) is 24.3 Å². The van der Waals surface area contributed by atoms with Crippen molar-refractivity contribution in [1.82, 2.24) is 5.32 Å². The van der Waals surface area contributed by atoms with Crippen LogP contribution in [0.5, 0.6) is 0 Å². The molecule has 3 N–H and O–H groups in total. The Bertz CT molecular complexity index is 636. The number of primary sulfonamides is 1. The zero-order valence-corrected chi connectivity index (χ0v) is 13.9. The van der Waals surface area contributed by atoms with Crippen LogP contribution in [0.3, 0.4) is 0 Å². The van der Waals surface area contributed by atoms with E-state index in [4.69, 9.17) is 9.88 Å². The monoisotopic (exact) mass is 382 g/mol. The standard InChI is InChI=1S/C12H16BrFN2O4S/c1-7(3-4-20-2)16-12(17)8-5-11(21(15,18)19)9(13)6-10(8)14/h5-7H,3-4H2,1-2H3,(H,16,17)(H2,15,18,19). The van der Waals surface area contributed by atoms with E-state index in [1.165, 1.54) is 7.11 Å². The number of methoxy groups -OCH3 is 1. The average Bonchev–Trinajstić information content (AvgIpc) is 2.34. The number of rotatable bonds is 6. The van der Waals surface area contributed by atoms with Gasteiger partial charge in [0.05, 0.1) is 10.5 Å². The lowest BCUT2D eigenvalue weighted by Gasteiger charge is -2.14. The minimum absolute atomic E-state index is 0.0357. The lowest BCUT2D eigenvalue weighted by atomic mass is 10.1. The Hall–Kier alpha value is -1.03. The molecule has 1 aromatic rings. The van der Waals surface area contributed by atoms with Crippen LogP contribution in [0.2, 0.25) is 0 Å². The SMILES string of the molecule is COCCC(C)NC(=O)c1cc(S(N)(=O)=O)c(Br)cc1F. The topological polar surface area (TPSA) is 98.5 Å². The average molecular weight is 383 g/mol. The Kier molecular flexibility index (Phi) is 6.26. The molecule has 0 heterocycles. The van der Waals surface area contributed by atoms with Crippen molar-refractivity contribution < 1.29 is 22.3 Å². The number of nitrogens with two attached hydrogens (primary N) is 1. The van der Waals surface area contributed by atoms with E-state index in [9.17, 15) is 17.6 Å². The molecule has 1 atom stereocenters. The maximum Gasteiger partial charge on any atom is 0.254 e. The van der Waals surface area contributed by atoms with Crippen molar-refractivity contribution >= 4 is 31.9 Å². The summed E-state index contributed by atoms with van der Waals surface area (Å²) < 4.78 is 41.4. The van der Waals surface area contributed by atoms with Gasteiger partial charge in [0.2, 0.25) is 10.0 Å². The highest BCUT2D eigenvalue weighted by molar-refractivity contribution is 9.10. The number of amides is 1. The van der Waals surface area contributed by atoms with Crippen molar-refractivity contribution in [1.29, 1.82) is 0 Å². The zero-order valence-electron chi connectivity index (χ0n) is 11.5. The van der Waals surface area contributed by atoms with Gasteiger partial charge in [-0.2, -0.15) is 0 Å². The second-order valence-electron chi connectivity index (χ2n) is 4.46. The summed E-state index contributed by atoms with van der Waals surface area (Å²) in [6.45, 7) is 2.17. The maximum absolute atomic E-state index is 13.8. The largest absolute Gasteiger partial charge is 0.385 e. The highest BCUT2D eigenvalue weighted by Gasteiger charge is 2.21. The lowest BCUT2D eigenvalue weighted by Crippen LogP contribution is -2.34. The molecular formula is C12H16BrFN2O4S. The minimum atomic E-state index is -4.06. The Balaban J connectivity index is 3.05. The van der Waals surface area contributed by atoms with Gasteiger partial charge in [0.1, 0.15) is 5.82 Å². The van der Waals surface area contributed by atoms with Gasteiger partial charge in [0, 0.05) is 24.2 Å². The normalized spacial score (nSPS) is 13.0. The van der Waals surface area contributed by atoms with Gasteiger partial charge >= 0.3 is 0 Å². The smallest absolute Gasteiger partial charge is 0.254 e. The van der Waals surface area contributed by atoms with E-state index < -0.39 is 21.7 Å². The summed E-state index contributed by atoms with van der Waals surface area (Å²) >= 11 is 2.90. The number of halogens is 2. The van der Waals surface area contributed by atoms with E-state index in [0.717, 1.165) is 12.1 Å². The molecule has 21 heavy (non-hydrogen) atoms. The van der Waals surface area contributed by atoms with Gasteiger partial charge in [0.25, 0.3) is 5.91 Å². The number of sulfonamides is 1. The van der Waals surface area contributed by atoms with E-state index >= 15 is 0 Å². The minimum Gasteiger partial charge on any atom is -0.385 e. The van der Waals surface area contributed by atoms with E-state index in [1.807, 2.05) is 0 Å². The summed E-state index contributed by atoms with van der Waals surface area (Å²) in [6.07, 6.45) is 0.544. The number of nitrogens with one attached hydrogen (secondary N) is 1. The molecule has 0 spiro atoms. The molecule has 6 nitrogen and oxygen atoms in total. The Morgan fingerprint density at radius 2 is 2.14 bits per heavy atom. The third-order valence-corrected chi connectivity index (χ3v) is 4.57. The van der Waals surface area contributed by atoms with E-state index in [2.05, 4.69) is 21.2 Å². The van der Waals surface area contributed by atoms with Crippen molar-refractivity contribution in [3.63, 3.8) is 0 Å². The van der Waals surface area contributed by atoms with Crippen LogP contribution in [0.15, 0.2) is 21.5 Å². The molecule has 0 aliphatic carbocycles. The molecule has 1 unspecified atom stereocenters. The molecule has 1 aromatic carbocycles. The van der Waals surface area contributed by atoms with Crippen molar-refractivity contribution in [2.24, 2.45) is 5.14 Å². The first-order valence-corrected chi connectivity index (χ1v) is 8.32. The number of carbonyl (C=O) groups excluding carboxylic acids is 1. The molecule has 0 bridgehead atoms. The third kappa shape index (κ3) is 5.03. The van der Waals surface area contributed by atoms with E-state index in [-0.39, 0.29) is 21.0 Å². The van der Waals surface area contributed by atoms with Crippen molar-refractivity contribution in [3.8, 4) is 0 Å². The highest BCUT2D eigenvalue weighted by atomic mass is 79.9. The molecule has 9 heteroatoms. The molecule has 1 amide bonds. The third-order valence-electron chi connectivity index (χ3n) is 2.71. The van der Waals surface area contributed by atoms with Gasteiger partial charge in [0.15, 0.2) is 0 Å². The van der Waals surface area contributed by atoms with Crippen LogP contribution < -0.4 is 10.5 Å². The highest BCUT2D eigenvalue weighted by Crippen LogP contribution is 2.24. The zero-order chi connectivity index (χ0) is 16.2. The number of hydrogen-bond donors (Lipinski definition) is 2. The number of ether oxygens (including phenoxy) is 1. The molecule has 118 valence electrons. The van der Waals surface area contributed by atoms with Crippen LogP contribution in [0.1, 0.15) is 23.7 Å². The summed E-state index contributed by atoms with van der Waals surface area (Å²) in [5.41, 5.74) is -0.383. The van der Waals surface area contributed by atoms with Gasteiger partial charge in [-0.3, -0.25) is 4.79 Å². The summed E-state index contributed by atoms with van der Waals surface area (Å²) in [7, 11) is -2.53. The van der Waals surface area contributed by atoms with Crippen LogP contribution in [-0.2, 0) is 14.8 Å². The number of carbonyl (C=O) groups is 1. The fourth-order valence-corrected chi connectivity index (χ4v) is 3.19. The molecule has 0 aliphatic heterocycles. The Labute approximate surface area is 131 Å². The second-order valence-corrected chi connectivity index (χ2v) is 6.85. The predicted molar refractivity (Wildman–Crippen MR) is 78.9 cm³/mol. The Morgan fingerprint density at radius 1 is 1.52 bits per heavy atom. The molecular weight excluding hydrogens is 367 g/mol. The molecule has 0 saturated heterocycles. The van der Waals surface area contributed by atoms with E-state index in [0.29, 0.717) is 13.0 Å². The first-order valence-electron chi connectivity index (χ1n) is 5.98. The van der Waals surface area contributed by atoms with E-state index in [1.54, 1.807) is 6.92 Å². The summed E-state index contributed by atoms with van der Waals surface area (Å²) in [5, 5.41) is 7.58. The van der Waals surface area contributed by atoms with Crippen LogP contribution >= 0.6 is 15.9 Å². The van der Waals surface area contributed by atoms with Gasteiger partial charge < -0.3 is 10.1 Å². The molecule has 0 saturated carbocycles. The van der Waals surface area contributed by atoms with Crippen LogP contribution in [0.4, 0.5) is 4.39 Å².